The molecular formula is C27H29F2N7O2. The van der Waals surface area contributed by atoms with Gasteiger partial charge in [0, 0.05) is 36.5 Å². The highest BCUT2D eigenvalue weighted by Crippen LogP contribution is 2.32. The Morgan fingerprint density at radius 1 is 1.05 bits per heavy atom. The number of nitrogens with one attached hydrogen (secondary N) is 1. The van der Waals surface area contributed by atoms with E-state index in [0.29, 0.717) is 36.6 Å². The zero-order valence-corrected chi connectivity index (χ0v) is 21.9. The van der Waals surface area contributed by atoms with Crippen molar-refractivity contribution in [2.24, 2.45) is 0 Å². The van der Waals surface area contributed by atoms with Crippen LogP contribution in [0.3, 0.4) is 0 Å². The van der Waals surface area contributed by atoms with Gasteiger partial charge in [-0.3, -0.25) is 14.7 Å². The molecular weight excluding hydrogens is 492 g/mol. The maximum atomic E-state index is 15.3. The average Bonchev–Trinajstić information content (AvgIpc) is 3.48. The smallest absolute Gasteiger partial charge is 0.274 e. The molecule has 11 heteroatoms. The molecule has 1 aromatic carbocycles. The van der Waals surface area contributed by atoms with Gasteiger partial charge in [0.25, 0.3) is 11.8 Å². The molecule has 0 spiro atoms. The highest BCUT2D eigenvalue weighted by atomic mass is 19.1. The minimum atomic E-state index is -1.78. The van der Waals surface area contributed by atoms with E-state index in [2.05, 4.69) is 20.3 Å². The standard InChI is InChI=1S/C27H29F2N7O2/c1-16-12-21(32-31-16)24(37)34-10-11-35(26(2,3)15-34)25(38)22-14-36-23(30-22)19(27(4,5)29)13-20(33-36)17-6-8-18(28)9-7-17/h6-9,12-14H,10-11,15H2,1-5H3,(H,31,32). The molecule has 4 heterocycles. The summed E-state index contributed by atoms with van der Waals surface area (Å²) in [5.74, 6) is -0.927. The third-order valence-corrected chi connectivity index (χ3v) is 6.78. The molecule has 38 heavy (non-hydrogen) atoms. The van der Waals surface area contributed by atoms with Crippen molar-refractivity contribution in [1.29, 1.82) is 0 Å². The number of halogens is 2. The van der Waals surface area contributed by atoms with E-state index >= 15 is 4.39 Å². The number of H-pyrrole nitrogens is 1. The number of hydrogen-bond donors (Lipinski definition) is 1. The summed E-state index contributed by atoms with van der Waals surface area (Å²) in [5, 5.41) is 11.4. The second kappa shape index (κ2) is 9.00. The SMILES string of the molecule is Cc1cc(C(=O)N2CCN(C(=O)c3cn4nc(-c5ccc(F)cc5)cc(C(C)(C)F)c4n3)C(C)(C)C2)n[nH]1. The van der Waals surface area contributed by atoms with E-state index in [1.165, 1.54) is 36.7 Å². The number of fused-ring (bicyclic) bond motifs is 1. The number of nitrogens with zero attached hydrogens (tertiary/aromatic N) is 6. The van der Waals surface area contributed by atoms with E-state index < -0.39 is 11.2 Å². The zero-order chi connectivity index (χ0) is 27.4. The van der Waals surface area contributed by atoms with E-state index in [4.69, 9.17) is 0 Å². The summed E-state index contributed by atoms with van der Waals surface area (Å²) in [4.78, 5) is 34.4. The van der Waals surface area contributed by atoms with Gasteiger partial charge in [-0.1, -0.05) is 0 Å². The lowest BCUT2D eigenvalue weighted by atomic mass is 9.98. The fraction of sp³-hybridized carbons (Fsp3) is 0.370. The molecule has 4 aromatic rings. The lowest BCUT2D eigenvalue weighted by Gasteiger charge is -2.46. The van der Waals surface area contributed by atoms with Crippen LogP contribution in [0.4, 0.5) is 8.78 Å². The molecule has 198 valence electrons. The number of piperazine rings is 1. The van der Waals surface area contributed by atoms with Crippen LogP contribution >= 0.6 is 0 Å². The first-order chi connectivity index (χ1) is 17.8. The van der Waals surface area contributed by atoms with Gasteiger partial charge in [-0.25, -0.2) is 18.3 Å². The van der Waals surface area contributed by atoms with Crippen LogP contribution in [0.1, 0.15) is 59.9 Å². The number of hydrogen-bond acceptors (Lipinski definition) is 5. The summed E-state index contributed by atoms with van der Waals surface area (Å²) in [6.07, 6.45) is 1.49. The number of aryl methyl sites for hydroxylation is 1. The molecule has 0 saturated carbocycles. The highest BCUT2D eigenvalue weighted by molar-refractivity contribution is 5.95. The number of amides is 2. The summed E-state index contributed by atoms with van der Waals surface area (Å²) in [7, 11) is 0. The van der Waals surface area contributed by atoms with Crippen LogP contribution in [0.15, 0.2) is 42.6 Å². The van der Waals surface area contributed by atoms with Crippen molar-refractivity contribution in [3.05, 3.63) is 71.1 Å². The van der Waals surface area contributed by atoms with Crippen molar-refractivity contribution in [1.82, 2.24) is 34.6 Å². The van der Waals surface area contributed by atoms with Crippen LogP contribution in [0.25, 0.3) is 16.9 Å². The molecule has 0 atom stereocenters. The van der Waals surface area contributed by atoms with E-state index in [0.717, 1.165) is 5.69 Å². The highest BCUT2D eigenvalue weighted by Gasteiger charge is 2.40. The van der Waals surface area contributed by atoms with Gasteiger partial charge in [0.2, 0.25) is 0 Å². The molecule has 1 fully saturated rings. The van der Waals surface area contributed by atoms with Crippen molar-refractivity contribution in [2.45, 2.75) is 45.8 Å². The molecule has 0 aliphatic carbocycles. The van der Waals surface area contributed by atoms with Crippen LogP contribution in [-0.4, -0.2) is 71.6 Å². The third kappa shape index (κ3) is 4.64. The second-order valence-corrected chi connectivity index (χ2v) is 10.7. The molecule has 2 amide bonds. The number of aromatic nitrogens is 5. The van der Waals surface area contributed by atoms with Gasteiger partial charge in [0.1, 0.15) is 22.9 Å². The molecule has 1 aliphatic heterocycles. The maximum absolute atomic E-state index is 15.3. The van der Waals surface area contributed by atoms with Gasteiger partial charge in [0.05, 0.1) is 17.4 Å². The van der Waals surface area contributed by atoms with Crippen LogP contribution in [0, 0.1) is 12.7 Å². The first-order valence-corrected chi connectivity index (χ1v) is 12.3. The zero-order valence-electron chi connectivity index (χ0n) is 21.9. The normalized spacial score (nSPS) is 15.8. The number of carbonyl (C=O) groups excluding carboxylic acids is 2. The number of carbonyl (C=O) groups is 2. The first-order valence-electron chi connectivity index (χ1n) is 12.3. The van der Waals surface area contributed by atoms with E-state index in [1.54, 1.807) is 34.1 Å². The Balaban J connectivity index is 1.46. The Hall–Kier alpha value is -4.15. The lowest BCUT2D eigenvalue weighted by molar-refractivity contribution is 0.0162. The number of imidazole rings is 1. The summed E-state index contributed by atoms with van der Waals surface area (Å²) in [6.45, 7) is 9.36. The molecule has 1 N–H and O–H groups in total. The minimum absolute atomic E-state index is 0.120. The van der Waals surface area contributed by atoms with Crippen LogP contribution < -0.4 is 0 Å². The van der Waals surface area contributed by atoms with E-state index in [9.17, 15) is 14.0 Å². The largest absolute Gasteiger partial charge is 0.333 e. The van der Waals surface area contributed by atoms with E-state index in [1.807, 2.05) is 20.8 Å². The van der Waals surface area contributed by atoms with Crippen molar-refractivity contribution in [2.75, 3.05) is 19.6 Å². The van der Waals surface area contributed by atoms with E-state index in [-0.39, 0.29) is 34.5 Å². The number of benzene rings is 1. The molecule has 0 bridgehead atoms. The van der Waals surface area contributed by atoms with Gasteiger partial charge in [0.15, 0.2) is 5.65 Å². The fourth-order valence-corrected chi connectivity index (χ4v) is 4.81. The van der Waals surface area contributed by atoms with Crippen molar-refractivity contribution in [3.8, 4) is 11.3 Å². The topological polar surface area (TPSA) is 99.5 Å². The van der Waals surface area contributed by atoms with Crippen molar-refractivity contribution >= 4 is 17.5 Å². The van der Waals surface area contributed by atoms with Gasteiger partial charge < -0.3 is 9.80 Å². The quantitative estimate of drug-likeness (QED) is 0.435. The summed E-state index contributed by atoms with van der Waals surface area (Å²) >= 11 is 0. The molecule has 1 aliphatic rings. The average molecular weight is 522 g/mol. The minimum Gasteiger partial charge on any atom is -0.333 e. The van der Waals surface area contributed by atoms with Crippen LogP contribution in [0.2, 0.25) is 0 Å². The molecule has 3 aromatic heterocycles. The number of alkyl halides is 1. The third-order valence-electron chi connectivity index (χ3n) is 6.78. The van der Waals surface area contributed by atoms with Gasteiger partial charge in [-0.15, -0.1) is 0 Å². The predicted molar refractivity (Wildman–Crippen MR) is 137 cm³/mol. The Labute approximate surface area is 218 Å². The number of rotatable bonds is 4. The lowest BCUT2D eigenvalue weighted by Crippen LogP contribution is -2.62. The van der Waals surface area contributed by atoms with Crippen LogP contribution in [0.5, 0.6) is 0 Å². The monoisotopic (exact) mass is 521 g/mol. The van der Waals surface area contributed by atoms with Crippen LogP contribution in [-0.2, 0) is 5.67 Å². The first kappa shape index (κ1) is 25.5. The van der Waals surface area contributed by atoms with Crippen molar-refractivity contribution in [3.63, 3.8) is 0 Å². The van der Waals surface area contributed by atoms with Crippen molar-refractivity contribution < 1.29 is 18.4 Å². The molecule has 1 saturated heterocycles. The summed E-state index contributed by atoms with van der Waals surface area (Å²) < 4.78 is 30.1. The molecule has 0 radical (unpaired) electrons. The summed E-state index contributed by atoms with van der Waals surface area (Å²) in [6, 6.07) is 9.02. The molecule has 5 rings (SSSR count). The van der Waals surface area contributed by atoms with Gasteiger partial charge in [-0.2, -0.15) is 10.2 Å². The van der Waals surface area contributed by atoms with Gasteiger partial charge >= 0.3 is 0 Å². The predicted octanol–water partition coefficient (Wildman–Crippen LogP) is 4.15. The summed E-state index contributed by atoms with van der Waals surface area (Å²) in [5.41, 5.74) is 0.298. The fourth-order valence-electron chi connectivity index (χ4n) is 4.81. The molecule has 9 nitrogen and oxygen atoms in total. The molecule has 0 unspecified atom stereocenters. The Bertz CT molecular complexity index is 1530. The number of aromatic amines is 1. The maximum Gasteiger partial charge on any atom is 0.274 e. The Morgan fingerprint density at radius 2 is 1.76 bits per heavy atom. The second-order valence-electron chi connectivity index (χ2n) is 10.7. The Morgan fingerprint density at radius 3 is 2.37 bits per heavy atom. The van der Waals surface area contributed by atoms with Gasteiger partial charge in [-0.05, 0) is 71.0 Å². The Kier molecular flexibility index (Phi) is 6.04.